The van der Waals surface area contributed by atoms with Crippen molar-refractivity contribution in [2.24, 2.45) is 11.7 Å². The van der Waals surface area contributed by atoms with Crippen molar-refractivity contribution in [1.82, 2.24) is 25.5 Å². The van der Waals surface area contributed by atoms with Crippen LogP contribution in [0.5, 0.6) is 0 Å². The number of benzene rings is 1. The number of carbonyl (C=O) groups excluding carboxylic acids is 1. The van der Waals surface area contributed by atoms with E-state index >= 15 is 0 Å². The zero-order chi connectivity index (χ0) is 15.2. The highest BCUT2D eigenvalue weighted by atomic mass is 35.5. The molecule has 0 aliphatic heterocycles. The molecule has 3 N–H and O–H groups in total. The van der Waals surface area contributed by atoms with Crippen molar-refractivity contribution >= 4 is 17.5 Å². The van der Waals surface area contributed by atoms with Crippen molar-refractivity contribution in [2.75, 3.05) is 13.1 Å². The molecule has 1 unspecified atom stereocenters. The van der Waals surface area contributed by atoms with Crippen LogP contribution in [-0.2, 0) is 11.3 Å². The Hall–Kier alpha value is -1.99. The molecule has 2 aromatic rings. The zero-order valence-corrected chi connectivity index (χ0v) is 12.4. The first-order valence-electron chi connectivity index (χ1n) is 6.59. The summed E-state index contributed by atoms with van der Waals surface area (Å²) in [5.41, 5.74) is 6.28. The first-order valence-corrected chi connectivity index (χ1v) is 6.97. The fourth-order valence-corrected chi connectivity index (χ4v) is 1.71. The van der Waals surface area contributed by atoms with Gasteiger partial charge in [-0.3, -0.25) is 4.79 Å². The second-order valence-electron chi connectivity index (χ2n) is 4.80. The van der Waals surface area contributed by atoms with Gasteiger partial charge in [0.15, 0.2) is 0 Å². The van der Waals surface area contributed by atoms with Crippen LogP contribution in [0, 0.1) is 5.92 Å². The van der Waals surface area contributed by atoms with Crippen molar-refractivity contribution < 1.29 is 4.79 Å². The molecular weight excluding hydrogens is 292 g/mol. The number of hydrogen-bond donors (Lipinski definition) is 2. The number of carbonyl (C=O) groups is 1. The Bertz CT molecular complexity index is 597. The lowest BCUT2D eigenvalue weighted by molar-refractivity contribution is -0.122. The van der Waals surface area contributed by atoms with E-state index in [0.717, 1.165) is 5.56 Å². The smallest absolute Gasteiger partial charge is 0.243 e. The number of rotatable bonds is 6. The van der Waals surface area contributed by atoms with Gasteiger partial charge < -0.3 is 11.1 Å². The van der Waals surface area contributed by atoms with Gasteiger partial charge in [-0.25, -0.2) is 0 Å². The molecule has 1 amide bonds. The van der Waals surface area contributed by atoms with Crippen LogP contribution in [0.3, 0.4) is 0 Å². The topological polar surface area (TPSA) is 98.7 Å². The quantitative estimate of drug-likeness (QED) is 0.818. The van der Waals surface area contributed by atoms with Crippen molar-refractivity contribution in [3.63, 3.8) is 0 Å². The van der Waals surface area contributed by atoms with Gasteiger partial charge in [0, 0.05) is 17.1 Å². The molecule has 0 aliphatic carbocycles. The predicted molar refractivity (Wildman–Crippen MR) is 79.5 cm³/mol. The number of halogens is 1. The molecule has 1 atom stereocenters. The van der Waals surface area contributed by atoms with Crippen LogP contribution in [-0.4, -0.2) is 39.2 Å². The highest BCUT2D eigenvalue weighted by Crippen LogP contribution is 2.16. The molecule has 1 heterocycles. The van der Waals surface area contributed by atoms with Gasteiger partial charge in [0.2, 0.25) is 11.7 Å². The molecule has 21 heavy (non-hydrogen) atoms. The average molecular weight is 309 g/mol. The molecule has 112 valence electrons. The Morgan fingerprint density at radius 2 is 2.14 bits per heavy atom. The molecule has 0 spiro atoms. The normalized spacial score (nSPS) is 12.1. The minimum absolute atomic E-state index is 0.0257. The lowest BCUT2D eigenvalue weighted by atomic mass is 10.2. The Morgan fingerprint density at radius 3 is 2.81 bits per heavy atom. The summed E-state index contributed by atoms with van der Waals surface area (Å²) in [6.07, 6.45) is 0. The minimum Gasteiger partial charge on any atom is -0.354 e. The van der Waals surface area contributed by atoms with Crippen LogP contribution < -0.4 is 11.1 Å². The molecule has 0 saturated carbocycles. The van der Waals surface area contributed by atoms with E-state index in [-0.39, 0.29) is 18.4 Å². The standard InChI is InChI=1S/C13H17ClN6O/c1-9(6-15)7-16-12(21)8-20-18-13(17-19-20)10-2-4-11(14)5-3-10/h2-5,9H,6-8,15H2,1H3,(H,16,21). The van der Waals surface area contributed by atoms with Gasteiger partial charge >= 0.3 is 0 Å². The third kappa shape index (κ3) is 4.51. The summed E-state index contributed by atoms with van der Waals surface area (Å²) in [7, 11) is 0. The highest BCUT2D eigenvalue weighted by Gasteiger charge is 2.10. The molecule has 0 bridgehead atoms. The molecule has 8 heteroatoms. The van der Waals surface area contributed by atoms with Crippen LogP contribution in [0.25, 0.3) is 11.4 Å². The molecule has 0 radical (unpaired) electrons. The molecule has 2 rings (SSSR count). The zero-order valence-electron chi connectivity index (χ0n) is 11.7. The third-order valence-corrected chi connectivity index (χ3v) is 3.14. The summed E-state index contributed by atoms with van der Waals surface area (Å²) < 4.78 is 0. The number of tetrazole rings is 1. The maximum absolute atomic E-state index is 11.7. The SMILES string of the molecule is CC(CN)CNC(=O)Cn1nnc(-c2ccc(Cl)cc2)n1. The molecule has 0 aliphatic rings. The largest absolute Gasteiger partial charge is 0.354 e. The first kappa shape index (κ1) is 15.4. The second-order valence-corrected chi connectivity index (χ2v) is 5.23. The van der Waals surface area contributed by atoms with Crippen LogP contribution in [0.1, 0.15) is 6.92 Å². The Kier molecular flexibility index (Phi) is 5.24. The van der Waals surface area contributed by atoms with E-state index in [9.17, 15) is 4.79 Å². The number of aromatic nitrogens is 4. The van der Waals surface area contributed by atoms with Gasteiger partial charge in [0.25, 0.3) is 0 Å². The minimum atomic E-state index is -0.171. The Labute approximate surface area is 127 Å². The number of nitrogens with zero attached hydrogens (tertiary/aromatic N) is 4. The van der Waals surface area contributed by atoms with Gasteiger partial charge in [-0.15, -0.1) is 10.2 Å². The van der Waals surface area contributed by atoms with Crippen LogP contribution >= 0.6 is 11.6 Å². The number of nitrogens with one attached hydrogen (secondary N) is 1. The van der Waals surface area contributed by atoms with Crippen molar-refractivity contribution in [3.8, 4) is 11.4 Å². The summed E-state index contributed by atoms with van der Waals surface area (Å²) in [6.45, 7) is 3.06. The summed E-state index contributed by atoms with van der Waals surface area (Å²) >= 11 is 5.82. The summed E-state index contributed by atoms with van der Waals surface area (Å²) in [5, 5.41) is 15.4. The van der Waals surface area contributed by atoms with E-state index in [1.54, 1.807) is 24.3 Å². The van der Waals surface area contributed by atoms with Gasteiger partial charge in [-0.1, -0.05) is 18.5 Å². The van der Waals surface area contributed by atoms with Gasteiger partial charge in [-0.2, -0.15) is 4.80 Å². The van der Waals surface area contributed by atoms with Gasteiger partial charge in [-0.05, 0) is 41.9 Å². The molecule has 1 aromatic heterocycles. The molecule has 0 fully saturated rings. The van der Waals surface area contributed by atoms with Crippen molar-refractivity contribution in [3.05, 3.63) is 29.3 Å². The van der Waals surface area contributed by atoms with E-state index in [1.165, 1.54) is 4.80 Å². The van der Waals surface area contributed by atoms with Crippen molar-refractivity contribution in [2.45, 2.75) is 13.5 Å². The van der Waals surface area contributed by atoms with Gasteiger partial charge in [0.1, 0.15) is 6.54 Å². The van der Waals surface area contributed by atoms with Crippen molar-refractivity contribution in [1.29, 1.82) is 0 Å². The third-order valence-electron chi connectivity index (χ3n) is 2.89. The summed E-state index contributed by atoms with van der Waals surface area (Å²) in [5.74, 6) is 0.521. The molecule has 7 nitrogen and oxygen atoms in total. The van der Waals surface area contributed by atoms with E-state index < -0.39 is 0 Å². The van der Waals surface area contributed by atoms with Gasteiger partial charge in [0.05, 0.1) is 0 Å². The predicted octanol–water partition coefficient (Wildman–Crippen LogP) is 0.704. The van der Waals surface area contributed by atoms with E-state index in [4.69, 9.17) is 17.3 Å². The maximum atomic E-state index is 11.7. The van der Waals surface area contributed by atoms with E-state index in [2.05, 4.69) is 20.7 Å². The molecular formula is C13H17ClN6O. The summed E-state index contributed by atoms with van der Waals surface area (Å²) in [4.78, 5) is 13.0. The number of amides is 1. The monoisotopic (exact) mass is 308 g/mol. The lowest BCUT2D eigenvalue weighted by Gasteiger charge is -2.09. The Morgan fingerprint density at radius 1 is 1.43 bits per heavy atom. The average Bonchev–Trinajstić information content (AvgIpc) is 2.94. The Balaban J connectivity index is 1.94. The van der Waals surface area contributed by atoms with Crippen LogP contribution in [0.15, 0.2) is 24.3 Å². The number of hydrogen-bond acceptors (Lipinski definition) is 5. The van der Waals surface area contributed by atoms with Crippen LogP contribution in [0.4, 0.5) is 0 Å². The van der Waals surface area contributed by atoms with E-state index in [1.807, 2.05) is 6.92 Å². The lowest BCUT2D eigenvalue weighted by Crippen LogP contribution is -2.34. The maximum Gasteiger partial charge on any atom is 0.243 e. The van der Waals surface area contributed by atoms with E-state index in [0.29, 0.717) is 23.9 Å². The second kappa shape index (κ2) is 7.14. The fraction of sp³-hybridized carbons (Fsp3) is 0.385. The first-order chi connectivity index (χ1) is 10.1. The number of nitrogens with two attached hydrogens (primary N) is 1. The summed E-state index contributed by atoms with van der Waals surface area (Å²) in [6, 6.07) is 7.09. The fourth-order valence-electron chi connectivity index (χ4n) is 1.58. The van der Waals surface area contributed by atoms with Crippen LogP contribution in [0.2, 0.25) is 5.02 Å². The molecule has 1 aromatic carbocycles. The highest BCUT2D eigenvalue weighted by molar-refractivity contribution is 6.30. The molecule has 0 saturated heterocycles.